The molecule has 2 aromatic rings. The minimum absolute atomic E-state index is 0.173. The van der Waals surface area contributed by atoms with Gasteiger partial charge in [-0.3, -0.25) is 10.1 Å². The predicted molar refractivity (Wildman–Crippen MR) is 108 cm³/mol. The number of amides is 3. The number of carbonyl (C=O) groups is 3. The number of urea groups is 1. The predicted octanol–water partition coefficient (Wildman–Crippen LogP) is 4.01. The molecule has 0 unspecified atom stereocenters. The Morgan fingerprint density at radius 1 is 0.906 bits per heavy atom. The molecule has 0 atom stereocenters. The third-order valence-electron chi connectivity index (χ3n) is 3.84. The van der Waals surface area contributed by atoms with Crippen molar-refractivity contribution < 1.29 is 41.8 Å². The molecule has 11 heteroatoms. The maximum Gasteiger partial charge on any atom is 0.416 e. The van der Waals surface area contributed by atoms with E-state index in [0.29, 0.717) is 30.4 Å². The summed E-state index contributed by atoms with van der Waals surface area (Å²) in [7, 11) is 0. The van der Waals surface area contributed by atoms with Crippen LogP contribution in [0, 0.1) is 0 Å². The number of alkyl halides is 3. The van der Waals surface area contributed by atoms with Crippen molar-refractivity contribution in [1.29, 1.82) is 0 Å². The van der Waals surface area contributed by atoms with Gasteiger partial charge in [0.1, 0.15) is 0 Å². The summed E-state index contributed by atoms with van der Waals surface area (Å²) in [5.74, 6) is -1.05. The highest BCUT2D eigenvalue weighted by Gasteiger charge is 2.30. The summed E-state index contributed by atoms with van der Waals surface area (Å²) in [5.41, 5.74) is -0.776. The van der Waals surface area contributed by atoms with E-state index in [9.17, 15) is 27.6 Å². The van der Waals surface area contributed by atoms with E-state index in [-0.39, 0.29) is 5.56 Å². The Balaban J connectivity index is 1.87. The van der Waals surface area contributed by atoms with E-state index in [1.54, 1.807) is 19.1 Å². The monoisotopic (exact) mass is 454 g/mol. The summed E-state index contributed by atoms with van der Waals surface area (Å²) in [6.07, 6.45) is -4.54. The van der Waals surface area contributed by atoms with Gasteiger partial charge in [-0.05, 0) is 50.2 Å². The van der Waals surface area contributed by atoms with E-state index < -0.39 is 36.3 Å². The van der Waals surface area contributed by atoms with Gasteiger partial charge >= 0.3 is 18.2 Å². The van der Waals surface area contributed by atoms with Gasteiger partial charge in [0.2, 0.25) is 0 Å². The second-order valence-electron chi connectivity index (χ2n) is 6.18. The number of anilines is 1. The lowest BCUT2D eigenvalue weighted by atomic mass is 10.1. The molecule has 2 N–H and O–H groups in total. The fourth-order valence-corrected chi connectivity index (χ4v) is 2.46. The molecule has 2 aromatic carbocycles. The lowest BCUT2D eigenvalue weighted by Crippen LogP contribution is -2.37. The number of nitrogens with one attached hydrogen (secondary N) is 2. The van der Waals surface area contributed by atoms with E-state index >= 15 is 0 Å². The first-order valence-corrected chi connectivity index (χ1v) is 9.48. The number of imide groups is 1. The van der Waals surface area contributed by atoms with Crippen molar-refractivity contribution in [3.8, 4) is 11.5 Å². The van der Waals surface area contributed by atoms with Crippen LogP contribution in [0.15, 0.2) is 42.5 Å². The highest BCUT2D eigenvalue weighted by atomic mass is 19.4. The number of benzene rings is 2. The first-order chi connectivity index (χ1) is 15.1. The van der Waals surface area contributed by atoms with Crippen LogP contribution in [-0.2, 0) is 15.7 Å². The maximum atomic E-state index is 12.5. The second kappa shape index (κ2) is 11.0. The average Bonchev–Trinajstić information content (AvgIpc) is 2.73. The molecular weight excluding hydrogens is 433 g/mol. The SMILES string of the molecule is CCOc1ccc(NC(=O)NC(=O)COC(=O)c2ccc(C(F)(F)F)cc2)cc1OCC. The lowest BCUT2D eigenvalue weighted by Gasteiger charge is -2.13. The summed E-state index contributed by atoms with van der Waals surface area (Å²) in [5, 5.41) is 4.40. The zero-order valence-electron chi connectivity index (χ0n) is 17.2. The molecule has 0 saturated carbocycles. The van der Waals surface area contributed by atoms with Gasteiger partial charge in [0.05, 0.1) is 24.3 Å². The molecule has 0 aliphatic rings. The zero-order chi connectivity index (χ0) is 23.7. The Hall–Kier alpha value is -3.76. The van der Waals surface area contributed by atoms with Gasteiger partial charge in [0.25, 0.3) is 5.91 Å². The number of ether oxygens (including phenoxy) is 3. The van der Waals surface area contributed by atoms with Crippen LogP contribution >= 0.6 is 0 Å². The summed E-state index contributed by atoms with van der Waals surface area (Å²) in [6.45, 7) is 3.59. The van der Waals surface area contributed by atoms with Gasteiger partial charge in [-0.1, -0.05) is 0 Å². The van der Waals surface area contributed by atoms with Gasteiger partial charge in [-0.2, -0.15) is 13.2 Å². The first kappa shape index (κ1) is 24.5. The number of rotatable bonds is 8. The smallest absolute Gasteiger partial charge is 0.416 e. The quantitative estimate of drug-likeness (QED) is 0.585. The fraction of sp³-hybridized carbons (Fsp3) is 0.286. The normalized spacial score (nSPS) is 10.8. The van der Waals surface area contributed by atoms with E-state index in [4.69, 9.17) is 14.2 Å². The van der Waals surface area contributed by atoms with Crippen LogP contribution in [0.2, 0.25) is 0 Å². The van der Waals surface area contributed by atoms with E-state index in [1.165, 1.54) is 6.07 Å². The lowest BCUT2D eigenvalue weighted by molar-refractivity contribution is -0.137. The molecule has 0 heterocycles. The molecule has 0 aliphatic carbocycles. The molecule has 0 aliphatic heterocycles. The van der Waals surface area contributed by atoms with Crippen molar-refractivity contribution in [2.75, 3.05) is 25.1 Å². The highest BCUT2D eigenvalue weighted by molar-refractivity contribution is 6.02. The zero-order valence-corrected chi connectivity index (χ0v) is 17.2. The summed E-state index contributed by atoms with van der Waals surface area (Å²) >= 11 is 0. The molecule has 2 rings (SSSR count). The van der Waals surface area contributed by atoms with Crippen LogP contribution in [0.3, 0.4) is 0 Å². The van der Waals surface area contributed by atoms with Crippen LogP contribution in [0.25, 0.3) is 0 Å². The Morgan fingerprint density at radius 3 is 2.12 bits per heavy atom. The first-order valence-electron chi connectivity index (χ1n) is 9.48. The molecule has 8 nitrogen and oxygen atoms in total. The minimum atomic E-state index is -4.54. The molecule has 3 amide bonds. The van der Waals surface area contributed by atoms with Gasteiger partial charge in [-0.15, -0.1) is 0 Å². The summed E-state index contributed by atoms with van der Waals surface area (Å²) in [6, 6.07) is 7.07. The molecule has 0 bridgehead atoms. The largest absolute Gasteiger partial charge is 0.490 e. The van der Waals surface area contributed by atoms with Crippen LogP contribution in [-0.4, -0.2) is 37.7 Å². The van der Waals surface area contributed by atoms with Crippen molar-refractivity contribution in [1.82, 2.24) is 5.32 Å². The Kier molecular flexibility index (Phi) is 8.45. The molecule has 0 fully saturated rings. The number of hydrogen-bond donors (Lipinski definition) is 2. The second-order valence-corrected chi connectivity index (χ2v) is 6.18. The third kappa shape index (κ3) is 7.18. The molecule has 0 saturated heterocycles. The number of esters is 1. The maximum absolute atomic E-state index is 12.5. The van der Waals surface area contributed by atoms with Crippen molar-refractivity contribution in [3.63, 3.8) is 0 Å². The Bertz CT molecular complexity index is 961. The van der Waals surface area contributed by atoms with Crippen LogP contribution in [0.5, 0.6) is 11.5 Å². The Morgan fingerprint density at radius 2 is 1.53 bits per heavy atom. The average molecular weight is 454 g/mol. The third-order valence-corrected chi connectivity index (χ3v) is 3.84. The van der Waals surface area contributed by atoms with Crippen LogP contribution < -0.4 is 20.1 Å². The van der Waals surface area contributed by atoms with Gasteiger partial charge in [0, 0.05) is 11.8 Å². The number of carbonyl (C=O) groups excluding carboxylic acids is 3. The Labute approximate surface area is 181 Å². The fourth-order valence-electron chi connectivity index (χ4n) is 2.46. The van der Waals surface area contributed by atoms with Crippen molar-refractivity contribution in [2.45, 2.75) is 20.0 Å². The molecule has 172 valence electrons. The van der Waals surface area contributed by atoms with Crippen LogP contribution in [0.1, 0.15) is 29.8 Å². The standard InChI is InChI=1S/C21H21F3N2O6/c1-3-30-16-10-9-15(11-17(16)31-4-2)25-20(29)26-18(27)12-32-19(28)13-5-7-14(8-6-13)21(22,23)24/h5-11H,3-4,12H2,1-2H3,(H2,25,26,27,29). The van der Waals surface area contributed by atoms with Gasteiger partial charge in [0.15, 0.2) is 18.1 Å². The summed E-state index contributed by atoms with van der Waals surface area (Å²) < 4.78 is 53.2. The molecule has 0 radical (unpaired) electrons. The van der Waals surface area contributed by atoms with Crippen molar-refractivity contribution >= 4 is 23.6 Å². The summed E-state index contributed by atoms with van der Waals surface area (Å²) in [4.78, 5) is 35.7. The molecule has 0 aromatic heterocycles. The van der Waals surface area contributed by atoms with Gasteiger partial charge in [-0.25, -0.2) is 9.59 Å². The molecular formula is C21H21F3N2O6. The van der Waals surface area contributed by atoms with Crippen LogP contribution in [0.4, 0.5) is 23.7 Å². The highest BCUT2D eigenvalue weighted by Crippen LogP contribution is 2.31. The van der Waals surface area contributed by atoms with Crippen molar-refractivity contribution in [3.05, 3.63) is 53.6 Å². The molecule has 32 heavy (non-hydrogen) atoms. The van der Waals surface area contributed by atoms with E-state index in [0.717, 1.165) is 24.3 Å². The minimum Gasteiger partial charge on any atom is -0.490 e. The number of halogens is 3. The van der Waals surface area contributed by atoms with Crippen molar-refractivity contribution in [2.24, 2.45) is 0 Å². The molecule has 0 spiro atoms. The van der Waals surface area contributed by atoms with E-state index in [1.807, 2.05) is 12.2 Å². The van der Waals surface area contributed by atoms with Gasteiger partial charge < -0.3 is 19.5 Å². The number of hydrogen-bond acceptors (Lipinski definition) is 6. The van der Waals surface area contributed by atoms with E-state index in [2.05, 4.69) is 5.32 Å². The topological polar surface area (TPSA) is 103 Å².